The molecule has 0 aliphatic carbocycles. The van der Waals surface area contributed by atoms with Crippen LogP contribution in [0.25, 0.3) is 21.8 Å². The zero-order valence-electron chi connectivity index (χ0n) is 19.0. The predicted octanol–water partition coefficient (Wildman–Crippen LogP) is 4.16. The van der Waals surface area contributed by atoms with E-state index < -0.39 is 12.1 Å². The molecule has 0 spiro atoms. The summed E-state index contributed by atoms with van der Waals surface area (Å²) in [6.45, 7) is 0.391. The first kappa shape index (κ1) is 20.1. The summed E-state index contributed by atoms with van der Waals surface area (Å²) in [5.74, 6) is -0.145. The van der Waals surface area contributed by atoms with E-state index in [1.807, 2.05) is 82.4 Å². The van der Waals surface area contributed by atoms with E-state index in [-0.39, 0.29) is 17.9 Å². The Hall–Kier alpha value is -4.32. The molecule has 0 saturated carbocycles. The van der Waals surface area contributed by atoms with Gasteiger partial charge in [0.05, 0.1) is 12.6 Å². The zero-order valence-corrected chi connectivity index (χ0v) is 19.0. The van der Waals surface area contributed by atoms with Gasteiger partial charge in [-0.15, -0.1) is 0 Å². The molecule has 2 aromatic heterocycles. The molecule has 2 unspecified atom stereocenters. The van der Waals surface area contributed by atoms with Crippen LogP contribution < -0.4 is 5.32 Å². The molecule has 1 fully saturated rings. The second kappa shape index (κ2) is 7.60. The molecule has 0 radical (unpaired) electrons. The second-order valence-corrected chi connectivity index (χ2v) is 9.43. The largest absolute Gasteiger partial charge is 0.356 e. The quantitative estimate of drug-likeness (QED) is 0.424. The van der Waals surface area contributed by atoms with Crippen molar-refractivity contribution in [3.05, 3.63) is 108 Å². The maximum absolute atomic E-state index is 14.1. The lowest BCUT2D eigenvalue weighted by Crippen LogP contribution is -2.66. The van der Waals surface area contributed by atoms with Gasteiger partial charge in [-0.3, -0.25) is 9.59 Å². The van der Waals surface area contributed by atoms with Crippen molar-refractivity contribution in [3.63, 3.8) is 0 Å². The molecular formula is C29H24N4O2. The van der Waals surface area contributed by atoms with Crippen LogP contribution in [0.2, 0.25) is 0 Å². The van der Waals surface area contributed by atoms with E-state index in [2.05, 4.69) is 28.5 Å². The maximum atomic E-state index is 14.1. The molecule has 6 nitrogen and oxygen atoms in total. The third-order valence-corrected chi connectivity index (χ3v) is 7.48. The van der Waals surface area contributed by atoms with Gasteiger partial charge < -0.3 is 19.8 Å². The Morgan fingerprint density at radius 1 is 0.857 bits per heavy atom. The molecule has 1 saturated heterocycles. The molecule has 3 aromatic carbocycles. The topological polar surface area (TPSA) is 70.1 Å². The SMILES string of the molecule is O=C1NC(Cn2ccc3ccccc32)C(=O)N2C(c3ccccc3)c3[nH]c4ccccc4c3C[C@@H]12. The Labute approximate surface area is 202 Å². The Bertz CT molecular complexity index is 1600. The van der Waals surface area contributed by atoms with Crippen LogP contribution in [-0.4, -0.2) is 38.3 Å². The van der Waals surface area contributed by atoms with Crippen molar-refractivity contribution in [3.8, 4) is 0 Å². The first-order valence-electron chi connectivity index (χ1n) is 12.0. The molecule has 172 valence electrons. The van der Waals surface area contributed by atoms with Gasteiger partial charge in [0.25, 0.3) is 0 Å². The van der Waals surface area contributed by atoms with Crippen molar-refractivity contribution >= 4 is 33.6 Å². The van der Waals surface area contributed by atoms with E-state index in [0.717, 1.165) is 38.6 Å². The number of carbonyl (C=O) groups excluding carboxylic acids is 2. The minimum atomic E-state index is -0.633. The van der Waals surface area contributed by atoms with E-state index in [1.165, 1.54) is 0 Å². The van der Waals surface area contributed by atoms with Crippen LogP contribution in [0, 0.1) is 0 Å². The van der Waals surface area contributed by atoms with Crippen molar-refractivity contribution in [1.82, 2.24) is 19.8 Å². The molecule has 6 heteroatoms. The van der Waals surface area contributed by atoms with E-state index in [1.54, 1.807) is 0 Å². The Balaban J connectivity index is 1.34. The van der Waals surface area contributed by atoms with Gasteiger partial charge in [0.2, 0.25) is 11.8 Å². The summed E-state index contributed by atoms with van der Waals surface area (Å²) in [6.07, 6.45) is 2.48. The molecule has 4 heterocycles. The number of H-pyrrole nitrogens is 1. The van der Waals surface area contributed by atoms with Crippen molar-refractivity contribution in [1.29, 1.82) is 0 Å². The summed E-state index contributed by atoms with van der Waals surface area (Å²) < 4.78 is 2.05. The molecule has 35 heavy (non-hydrogen) atoms. The second-order valence-electron chi connectivity index (χ2n) is 9.43. The van der Waals surface area contributed by atoms with Crippen LogP contribution >= 0.6 is 0 Å². The number of hydrogen-bond donors (Lipinski definition) is 2. The fourth-order valence-electron chi connectivity index (χ4n) is 5.88. The van der Waals surface area contributed by atoms with Gasteiger partial charge >= 0.3 is 0 Å². The van der Waals surface area contributed by atoms with Crippen LogP contribution in [-0.2, 0) is 22.6 Å². The number of amides is 2. The van der Waals surface area contributed by atoms with Gasteiger partial charge in [-0.05, 0) is 34.7 Å². The zero-order chi connectivity index (χ0) is 23.5. The Morgan fingerprint density at radius 3 is 2.51 bits per heavy atom. The van der Waals surface area contributed by atoms with Crippen LogP contribution in [0.4, 0.5) is 0 Å². The number of aromatic nitrogens is 2. The van der Waals surface area contributed by atoms with Crippen LogP contribution in [0.1, 0.15) is 22.9 Å². The van der Waals surface area contributed by atoms with Crippen molar-refractivity contribution < 1.29 is 9.59 Å². The lowest BCUT2D eigenvalue weighted by molar-refractivity contribution is -0.152. The summed E-state index contributed by atoms with van der Waals surface area (Å²) in [4.78, 5) is 33.0. The summed E-state index contributed by atoms with van der Waals surface area (Å²) in [5.41, 5.74) is 5.20. The number of nitrogens with one attached hydrogen (secondary N) is 2. The predicted molar refractivity (Wildman–Crippen MR) is 135 cm³/mol. The van der Waals surface area contributed by atoms with E-state index in [0.29, 0.717) is 13.0 Å². The van der Waals surface area contributed by atoms with E-state index in [4.69, 9.17) is 0 Å². The summed E-state index contributed by atoms with van der Waals surface area (Å²) in [7, 11) is 0. The average molecular weight is 461 g/mol. The Morgan fingerprint density at radius 2 is 1.63 bits per heavy atom. The number of piperazine rings is 1. The summed E-state index contributed by atoms with van der Waals surface area (Å²) in [5, 5.41) is 5.28. The molecular weight excluding hydrogens is 436 g/mol. The highest BCUT2D eigenvalue weighted by atomic mass is 16.2. The lowest BCUT2D eigenvalue weighted by Gasteiger charge is -2.46. The first-order chi connectivity index (χ1) is 17.2. The molecule has 2 amide bonds. The monoisotopic (exact) mass is 460 g/mol. The standard InChI is InChI=1S/C29H24N4O2/c34-28-25-16-21-20-11-5-6-12-22(20)30-26(21)27(19-9-2-1-3-10-19)33(25)29(35)23(31-28)17-32-15-14-18-8-4-7-13-24(18)32/h1-15,23,25,27,30H,16-17H2,(H,31,34)/t23?,25-,27?/m0/s1. The van der Waals surface area contributed by atoms with Gasteiger partial charge in [-0.2, -0.15) is 0 Å². The van der Waals surface area contributed by atoms with Gasteiger partial charge in [0, 0.05) is 34.7 Å². The number of fused-ring (bicyclic) bond motifs is 5. The third kappa shape index (κ3) is 3.03. The van der Waals surface area contributed by atoms with Crippen molar-refractivity contribution in [2.24, 2.45) is 0 Å². The lowest BCUT2D eigenvalue weighted by atomic mass is 9.85. The van der Waals surface area contributed by atoms with Crippen LogP contribution in [0.5, 0.6) is 0 Å². The molecule has 2 N–H and O–H groups in total. The third-order valence-electron chi connectivity index (χ3n) is 7.48. The van der Waals surface area contributed by atoms with Gasteiger partial charge in [-0.1, -0.05) is 66.7 Å². The van der Waals surface area contributed by atoms with Crippen molar-refractivity contribution in [2.45, 2.75) is 31.1 Å². The fraction of sp³-hybridized carbons (Fsp3) is 0.172. The average Bonchev–Trinajstić information content (AvgIpc) is 3.48. The highest BCUT2D eigenvalue weighted by Crippen LogP contribution is 2.42. The molecule has 3 atom stereocenters. The molecule has 7 rings (SSSR count). The number of hydrogen-bond acceptors (Lipinski definition) is 2. The Kier molecular flexibility index (Phi) is 4.36. The van der Waals surface area contributed by atoms with E-state index >= 15 is 0 Å². The van der Waals surface area contributed by atoms with Crippen LogP contribution in [0.3, 0.4) is 0 Å². The van der Waals surface area contributed by atoms with Crippen LogP contribution in [0.15, 0.2) is 91.1 Å². The summed E-state index contributed by atoms with van der Waals surface area (Å²) >= 11 is 0. The molecule has 2 aliphatic rings. The van der Waals surface area contributed by atoms with Gasteiger partial charge in [0.15, 0.2) is 0 Å². The van der Waals surface area contributed by atoms with Gasteiger partial charge in [0.1, 0.15) is 12.1 Å². The number of aromatic amines is 1. The number of nitrogens with zero attached hydrogens (tertiary/aromatic N) is 2. The minimum absolute atomic E-state index is 0.0504. The normalized spacial score (nSPS) is 21.7. The van der Waals surface area contributed by atoms with Gasteiger partial charge in [-0.25, -0.2) is 0 Å². The van der Waals surface area contributed by atoms with E-state index in [9.17, 15) is 9.59 Å². The molecule has 0 bridgehead atoms. The van der Waals surface area contributed by atoms with Crippen molar-refractivity contribution in [2.75, 3.05) is 0 Å². The minimum Gasteiger partial charge on any atom is -0.356 e. The number of para-hydroxylation sites is 2. The number of carbonyl (C=O) groups is 2. The molecule has 2 aliphatic heterocycles. The summed E-state index contributed by atoms with van der Waals surface area (Å²) in [6, 6.07) is 26.8. The number of benzene rings is 3. The highest BCUT2D eigenvalue weighted by molar-refractivity contribution is 5.99. The fourth-order valence-corrected chi connectivity index (χ4v) is 5.88. The molecule has 5 aromatic rings. The first-order valence-corrected chi connectivity index (χ1v) is 12.0. The maximum Gasteiger partial charge on any atom is 0.248 e. The number of rotatable bonds is 3. The highest BCUT2D eigenvalue weighted by Gasteiger charge is 2.49. The smallest absolute Gasteiger partial charge is 0.248 e.